The quantitative estimate of drug-likeness (QED) is 0.332. The fourth-order valence-electron chi connectivity index (χ4n) is 2.67. The van der Waals surface area contributed by atoms with Crippen LogP contribution in [0.1, 0.15) is 25.6 Å². The maximum Gasteiger partial charge on any atom is 0.193 e. The summed E-state index contributed by atoms with van der Waals surface area (Å²) in [4.78, 5) is 10.6. The van der Waals surface area contributed by atoms with Crippen molar-refractivity contribution in [3.8, 4) is 0 Å². The summed E-state index contributed by atoms with van der Waals surface area (Å²) in [5.74, 6) is 1.57. The SMILES string of the molecule is CN=C(NCCS(=O)C(C)(C)C)N1CCN(Cc2ccc(Br)s2)CC1.I. The molecule has 0 spiro atoms. The zero-order valence-electron chi connectivity index (χ0n) is 16.0. The minimum Gasteiger partial charge on any atom is -0.355 e. The lowest BCUT2D eigenvalue weighted by atomic mass is 10.3. The lowest BCUT2D eigenvalue weighted by Gasteiger charge is -2.36. The highest BCUT2D eigenvalue weighted by Crippen LogP contribution is 2.23. The van der Waals surface area contributed by atoms with Crippen LogP contribution in [0.5, 0.6) is 0 Å². The van der Waals surface area contributed by atoms with Crippen LogP contribution in [0.3, 0.4) is 0 Å². The van der Waals surface area contributed by atoms with Gasteiger partial charge in [-0.3, -0.25) is 14.1 Å². The molecule has 2 rings (SSSR count). The maximum atomic E-state index is 12.1. The van der Waals surface area contributed by atoms with E-state index in [1.807, 2.05) is 27.8 Å². The summed E-state index contributed by atoms with van der Waals surface area (Å²) < 4.78 is 13.2. The molecule has 1 saturated heterocycles. The largest absolute Gasteiger partial charge is 0.355 e. The monoisotopic (exact) mass is 576 g/mol. The average Bonchev–Trinajstić information content (AvgIpc) is 2.96. The van der Waals surface area contributed by atoms with E-state index < -0.39 is 10.8 Å². The molecule has 5 nitrogen and oxygen atoms in total. The van der Waals surface area contributed by atoms with E-state index >= 15 is 0 Å². The van der Waals surface area contributed by atoms with Gasteiger partial charge in [0.25, 0.3) is 0 Å². The molecular formula is C17H30BrIN4OS2. The van der Waals surface area contributed by atoms with Crippen molar-refractivity contribution in [3.05, 3.63) is 20.8 Å². The number of guanidine groups is 1. The van der Waals surface area contributed by atoms with Gasteiger partial charge in [0.1, 0.15) is 0 Å². The van der Waals surface area contributed by atoms with Crippen molar-refractivity contribution in [2.45, 2.75) is 32.1 Å². The average molecular weight is 577 g/mol. The Kier molecular flexibility index (Phi) is 10.6. The Hall–Kier alpha value is 0.290. The van der Waals surface area contributed by atoms with Gasteiger partial charge in [0.2, 0.25) is 0 Å². The number of rotatable bonds is 5. The molecule has 0 bridgehead atoms. The molecule has 0 radical (unpaired) electrons. The minimum atomic E-state index is -0.834. The van der Waals surface area contributed by atoms with Crippen LogP contribution in [0.25, 0.3) is 0 Å². The van der Waals surface area contributed by atoms with E-state index in [1.165, 1.54) is 8.66 Å². The van der Waals surface area contributed by atoms with Gasteiger partial charge in [0, 0.05) is 72.5 Å². The van der Waals surface area contributed by atoms with Crippen molar-refractivity contribution in [2.24, 2.45) is 4.99 Å². The highest BCUT2D eigenvalue weighted by atomic mass is 127. The Morgan fingerprint density at radius 3 is 2.46 bits per heavy atom. The summed E-state index contributed by atoms with van der Waals surface area (Å²) in [5.41, 5.74) is 0. The van der Waals surface area contributed by atoms with E-state index in [1.54, 1.807) is 11.3 Å². The number of hydrogen-bond donors (Lipinski definition) is 1. The number of halogens is 2. The predicted octanol–water partition coefficient (Wildman–Crippen LogP) is 3.37. The van der Waals surface area contributed by atoms with E-state index in [0.717, 1.165) is 38.7 Å². The van der Waals surface area contributed by atoms with Crippen molar-refractivity contribution in [3.63, 3.8) is 0 Å². The molecule has 1 aromatic rings. The van der Waals surface area contributed by atoms with E-state index in [0.29, 0.717) is 12.3 Å². The molecule has 1 unspecified atom stereocenters. The molecule has 1 aromatic heterocycles. The molecule has 26 heavy (non-hydrogen) atoms. The van der Waals surface area contributed by atoms with Crippen molar-refractivity contribution < 1.29 is 4.21 Å². The number of hydrogen-bond acceptors (Lipinski definition) is 4. The Morgan fingerprint density at radius 2 is 1.96 bits per heavy atom. The van der Waals surface area contributed by atoms with E-state index in [2.05, 4.69) is 48.2 Å². The van der Waals surface area contributed by atoms with Crippen LogP contribution in [0.15, 0.2) is 20.9 Å². The first-order valence-electron chi connectivity index (χ1n) is 8.60. The number of nitrogens with one attached hydrogen (secondary N) is 1. The molecular weight excluding hydrogens is 547 g/mol. The van der Waals surface area contributed by atoms with Gasteiger partial charge in [-0.25, -0.2) is 0 Å². The first kappa shape index (κ1) is 24.3. The molecule has 0 saturated carbocycles. The van der Waals surface area contributed by atoms with E-state index in [-0.39, 0.29) is 28.7 Å². The molecule has 1 aliphatic heterocycles. The number of aliphatic imine (C=N–C) groups is 1. The van der Waals surface area contributed by atoms with Gasteiger partial charge in [0.05, 0.1) is 3.79 Å². The molecule has 1 atom stereocenters. The van der Waals surface area contributed by atoms with Crippen LogP contribution >= 0.6 is 51.2 Å². The summed E-state index contributed by atoms with van der Waals surface area (Å²) in [6.07, 6.45) is 0. The zero-order valence-corrected chi connectivity index (χ0v) is 21.5. The van der Waals surface area contributed by atoms with Gasteiger partial charge in [-0.1, -0.05) is 0 Å². The topological polar surface area (TPSA) is 47.9 Å². The van der Waals surface area contributed by atoms with Crippen molar-refractivity contribution in [1.82, 2.24) is 15.1 Å². The third kappa shape index (κ3) is 7.73. The lowest BCUT2D eigenvalue weighted by Crippen LogP contribution is -2.52. The van der Waals surface area contributed by atoms with Gasteiger partial charge in [-0.2, -0.15) is 0 Å². The highest BCUT2D eigenvalue weighted by Gasteiger charge is 2.21. The molecule has 0 amide bonds. The Bertz CT molecular complexity index is 610. The molecule has 1 aliphatic rings. The third-order valence-electron chi connectivity index (χ3n) is 4.15. The van der Waals surface area contributed by atoms with Crippen LogP contribution in [-0.4, -0.2) is 70.2 Å². The van der Waals surface area contributed by atoms with Gasteiger partial charge in [0.15, 0.2) is 5.96 Å². The number of nitrogens with zero attached hydrogens (tertiary/aromatic N) is 3. The predicted molar refractivity (Wildman–Crippen MR) is 128 cm³/mol. The highest BCUT2D eigenvalue weighted by molar-refractivity contribution is 14.0. The van der Waals surface area contributed by atoms with Gasteiger partial charge in [-0.05, 0) is 48.8 Å². The molecule has 0 aliphatic carbocycles. The Labute approximate surface area is 189 Å². The fourth-order valence-corrected chi connectivity index (χ4v) is 5.09. The molecule has 9 heteroatoms. The second kappa shape index (κ2) is 11.3. The van der Waals surface area contributed by atoms with Crippen LogP contribution in [0, 0.1) is 0 Å². The Morgan fingerprint density at radius 1 is 1.31 bits per heavy atom. The third-order valence-corrected chi connectivity index (χ3v) is 7.69. The van der Waals surface area contributed by atoms with E-state index in [9.17, 15) is 4.21 Å². The smallest absolute Gasteiger partial charge is 0.193 e. The summed E-state index contributed by atoms with van der Waals surface area (Å²) in [7, 11) is 0.984. The number of piperazine rings is 1. The summed E-state index contributed by atoms with van der Waals surface area (Å²) in [6, 6.07) is 4.31. The first-order chi connectivity index (χ1) is 11.8. The second-order valence-corrected chi connectivity index (χ2v) is 12.0. The molecule has 150 valence electrons. The van der Waals surface area contributed by atoms with Crippen molar-refractivity contribution in [1.29, 1.82) is 0 Å². The lowest BCUT2D eigenvalue weighted by molar-refractivity contribution is 0.174. The molecule has 1 N–H and O–H groups in total. The molecule has 1 fully saturated rings. The number of thiophene rings is 1. The zero-order chi connectivity index (χ0) is 18.4. The maximum absolute atomic E-state index is 12.1. The molecule has 2 heterocycles. The first-order valence-corrected chi connectivity index (χ1v) is 11.5. The molecule has 0 aromatic carbocycles. The standard InChI is InChI=1S/C17H29BrN4OS2.HI/c1-17(2,3)25(23)12-7-20-16(19-4)22-10-8-21(9-11-22)13-14-5-6-15(18)24-14;/h5-6H,7-13H2,1-4H3,(H,19,20);1H. The van der Waals surface area contributed by atoms with Crippen molar-refractivity contribution in [2.75, 3.05) is 45.5 Å². The summed E-state index contributed by atoms with van der Waals surface area (Å²) >= 11 is 5.33. The van der Waals surface area contributed by atoms with Crippen LogP contribution in [0.2, 0.25) is 0 Å². The minimum absolute atomic E-state index is 0. The normalized spacial score (nSPS) is 17.7. The van der Waals surface area contributed by atoms with Crippen LogP contribution in [0.4, 0.5) is 0 Å². The summed E-state index contributed by atoms with van der Waals surface area (Å²) in [6.45, 7) is 11.8. The second-order valence-electron chi connectivity index (χ2n) is 7.11. The van der Waals surface area contributed by atoms with E-state index in [4.69, 9.17) is 0 Å². The summed E-state index contributed by atoms with van der Waals surface area (Å²) in [5, 5.41) is 3.37. The van der Waals surface area contributed by atoms with Crippen LogP contribution in [-0.2, 0) is 17.3 Å². The fraction of sp³-hybridized carbons (Fsp3) is 0.706. The van der Waals surface area contributed by atoms with Crippen molar-refractivity contribution >= 4 is 68.0 Å². The van der Waals surface area contributed by atoms with Gasteiger partial charge in [-0.15, -0.1) is 35.3 Å². The Balaban J connectivity index is 0.00000338. The van der Waals surface area contributed by atoms with Crippen LogP contribution < -0.4 is 5.32 Å². The van der Waals surface area contributed by atoms with Gasteiger partial charge < -0.3 is 10.2 Å². The van der Waals surface area contributed by atoms with Gasteiger partial charge >= 0.3 is 0 Å².